The van der Waals surface area contributed by atoms with E-state index < -0.39 is 0 Å². The van der Waals surface area contributed by atoms with Gasteiger partial charge in [-0.05, 0) is 31.5 Å². The van der Waals surface area contributed by atoms with Crippen molar-refractivity contribution in [2.24, 2.45) is 0 Å². The molecule has 0 aliphatic carbocycles. The molecule has 0 saturated carbocycles. The van der Waals surface area contributed by atoms with Gasteiger partial charge in [0.2, 0.25) is 0 Å². The Kier molecular flexibility index (Phi) is 4.91. The lowest BCUT2D eigenvalue weighted by Crippen LogP contribution is -2.48. The Morgan fingerprint density at radius 3 is 2.33 bits per heavy atom. The molecule has 0 unspecified atom stereocenters. The van der Waals surface area contributed by atoms with Crippen LogP contribution >= 0.6 is 23.2 Å². The summed E-state index contributed by atoms with van der Waals surface area (Å²) >= 11 is 12.1. The number of rotatable bonds is 3. The third kappa shape index (κ3) is 3.61. The standard InChI is InChI=1S/C14H20Cl2N2/c1-11(2)18-7-5-17(6-8-18)10-12-3-4-13(15)9-14(12)16/h3-4,9,11H,5-8,10H2,1-2H3. The SMILES string of the molecule is CC(C)N1CCN(Cc2ccc(Cl)cc2Cl)CC1. The highest BCUT2D eigenvalue weighted by Crippen LogP contribution is 2.22. The zero-order valence-electron chi connectivity index (χ0n) is 11.0. The fourth-order valence-electron chi connectivity index (χ4n) is 2.33. The summed E-state index contributed by atoms with van der Waals surface area (Å²) in [5.74, 6) is 0. The van der Waals surface area contributed by atoms with Crippen molar-refractivity contribution in [3.05, 3.63) is 33.8 Å². The molecule has 0 aromatic heterocycles. The van der Waals surface area contributed by atoms with Crippen LogP contribution in [-0.2, 0) is 6.54 Å². The van der Waals surface area contributed by atoms with Gasteiger partial charge in [-0.2, -0.15) is 0 Å². The van der Waals surface area contributed by atoms with E-state index >= 15 is 0 Å². The molecule has 2 rings (SSSR count). The van der Waals surface area contributed by atoms with Crippen LogP contribution < -0.4 is 0 Å². The van der Waals surface area contributed by atoms with Gasteiger partial charge in [0.15, 0.2) is 0 Å². The highest BCUT2D eigenvalue weighted by molar-refractivity contribution is 6.35. The smallest absolute Gasteiger partial charge is 0.0465 e. The lowest BCUT2D eigenvalue weighted by Gasteiger charge is -2.37. The number of hydrogen-bond donors (Lipinski definition) is 0. The molecule has 0 amide bonds. The van der Waals surface area contributed by atoms with Gasteiger partial charge in [-0.25, -0.2) is 0 Å². The summed E-state index contributed by atoms with van der Waals surface area (Å²) in [7, 11) is 0. The van der Waals surface area contributed by atoms with E-state index in [1.165, 1.54) is 5.56 Å². The van der Waals surface area contributed by atoms with Crippen LogP contribution in [0.1, 0.15) is 19.4 Å². The van der Waals surface area contributed by atoms with Crippen LogP contribution in [0.5, 0.6) is 0 Å². The van der Waals surface area contributed by atoms with Crippen LogP contribution in [0.15, 0.2) is 18.2 Å². The number of hydrogen-bond acceptors (Lipinski definition) is 2. The molecule has 1 heterocycles. The van der Waals surface area contributed by atoms with E-state index in [-0.39, 0.29) is 0 Å². The average molecular weight is 287 g/mol. The summed E-state index contributed by atoms with van der Waals surface area (Å²) < 4.78 is 0. The molecule has 1 aromatic carbocycles. The minimum absolute atomic E-state index is 0.645. The molecule has 1 aliphatic heterocycles. The van der Waals surface area contributed by atoms with Crippen molar-refractivity contribution in [2.75, 3.05) is 26.2 Å². The predicted molar refractivity (Wildman–Crippen MR) is 78.4 cm³/mol. The van der Waals surface area contributed by atoms with Crippen LogP contribution in [-0.4, -0.2) is 42.0 Å². The van der Waals surface area contributed by atoms with Gasteiger partial charge in [0.05, 0.1) is 0 Å². The lowest BCUT2D eigenvalue weighted by atomic mass is 10.2. The van der Waals surface area contributed by atoms with Crippen molar-refractivity contribution in [2.45, 2.75) is 26.4 Å². The summed E-state index contributed by atoms with van der Waals surface area (Å²) in [4.78, 5) is 4.97. The van der Waals surface area contributed by atoms with E-state index in [0.717, 1.165) is 37.7 Å². The van der Waals surface area contributed by atoms with Gasteiger partial charge in [-0.3, -0.25) is 9.80 Å². The topological polar surface area (TPSA) is 6.48 Å². The molecule has 1 aromatic rings. The maximum Gasteiger partial charge on any atom is 0.0465 e. The summed E-state index contributed by atoms with van der Waals surface area (Å²) in [6.07, 6.45) is 0. The first-order valence-corrected chi connectivity index (χ1v) is 7.22. The van der Waals surface area contributed by atoms with Gasteiger partial charge in [0, 0.05) is 48.8 Å². The molecule has 4 heteroatoms. The molecule has 1 aliphatic rings. The zero-order chi connectivity index (χ0) is 13.1. The molecule has 1 saturated heterocycles. The van der Waals surface area contributed by atoms with Gasteiger partial charge < -0.3 is 0 Å². The van der Waals surface area contributed by atoms with Crippen LogP contribution in [0.25, 0.3) is 0 Å². The molecule has 0 atom stereocenters. The van der Waals surface area contributed by atoms with Gasteiger partial charge in [-0.1, -0.05) is 29.3 Å². The van der Waals surface area contributed by atoms with Crippen molar-refractivity contribution < 1.29 is 0 Å². The largest absolute Gasteiger partial charge is 0.298 e. The quantitative estimate of drug-likeness (QED) is 0.839. The second-order valence-electron chi connectivity index (χ2n) is 5.14. The summed E-state index contributed by atoms with van der Waals surface area (Å²) in [5.41, 5.74) is 1.17. The molecule has 18 heavy (non-hydrogen) atoms. The Balaban J connectivity index is 1.91. The third-order valence-electron chi connectivity index (χ3n) is 3.55. The molecular weight excluding hydrogens is 267 g/mol. The molecule has 0 spiro atoms. The Hall–Kier alpha value is -0.280. The van der Waals surface area contributed by atoms with E-state index in [4.69, 9.17) is 23.2 Å². The Labute approximate surface area is 119 Å². The van der Waals surface area contributed by atoms with Crippen LogP contribution in [0.3, 0.4) is 0 Å². The van der Waals surface area contributed by atoms with E-state index in [1.54, 1.807) is 0 Å². The van der Waals surface area contributed by atoms with E-state index in [2.05, 4.69) is 23.6 Å². The van der Waals surface area contributed by atoms with Gasteiger partial charge in [0.1, 0.15) is 0 Å². The van der Waals surface area contributed by atoms with E-state index in [0.29, 0.717) is 11.1 Å². The van der Waals surface area contributed by atoms with Crippen LogP contribution in [0.4, 0.5) is 0 Å². The summed E-state index contributed by atoms with van der Waals surface area (Å²) in [5, 5.41) is 1.47. The molecule has 0 radical (unpaired) electrons. The van der Waals surface area contributed by atoms with Gasteiger partial charge in [-0.15, -0.1) is 0 Å². The summed E-state index contributed by atoms with van der Waals surface area (Å²) in [6, 6.07) is 6.40. The van der Waals surface area contributed by atoms with E-state index in [1.807, 2.05) is 18.2 Å². The van der Waals surface area contributed by atoms with Crippen LogP contribution in [0, 0.1) is 0 Å². The van der Waals surface area contributed by atoms with Gasteiger partial charge >= 0.3 is 0 Å². The fourth-order valence-corrected chi connectivity index (χ4v) is 2.80. The molecule has 0 N–H and O–H groups in total. The second kappa shape index (κ2) is 6.25. The first kappa shape index (κ1) is 14.1. The zero-order valence-corrected chi connectivity index (χ0v) is 12.5. The third-order valence-corrected chi connectivity index (χ3v) is 4.13. The Morgan fingerprint density at radius 1 is 1.11 bits per heavy atom. The first-order chi connectivity index (χ1) is 8.56. The number of benzene rings is 1. The lowest BCUT2D eigenvalue weighted by molar-refractivity contribution is 0.104. The number of piperazine rings is 1. The Bertz CT molecular complexity index is 399. The number of nitrogens with zero attached hydrogens (tertiary/aromatic N) is 2. The average Bonchev–Trinajstić information content (AvgIpc) is 2.33. The van der Waals surface area contributed by atoms with Crippen molar-refractivity contribution in [1.82, 2.24) is 9.80 Å². The Morgan fingerprint density at radius 2 is 1.78 bits per heavy atom. The molecule has 100 valence electrons. The highest BCUT2D eigenvalue weighted by atomic mass is 35.5. The molecular formula is C14H20Cl2N2. The predicted octanol–water partition coefficient (Wildman–Crippen LogP) is 3.52. The van der Waals surface area contributed by atoms with Gasteiger partial charge in [0.25, 0.3) is 0 Å². The monoisotopic (exact) mass is 286 g/mol. The first-order valence-electron chi connectivity index (χ1n) is 6.46. The molecule has 1 fully saturated rings. The van der Waals surface area contributed by atoms with Crippen molar-refractivity contribution in [3.8, 4) is 0 Å². The maximum absolute atomic E-state index is 6.21. The normalized spacial score (nSPS) is 18.5. The van der Waals surface area contributed by atoms with E-state index in [9.17, 15) is 0 Å². The minimum Gasteiger partial charge on any atom is -0.298 e. The highest BCUT2D eigenvalue weighted by Gasteiger charge is 2.19. The fraction of sp³-hybridized carbons (Fsp3) is 0.571. The van der Waals surface area contributed by atoms with Crippen molar-refractivity contribution >= 4 is 23.2 Å². The van der Waals surface area contributed by atoms with Crippen LogP contribution in [0.2, 0.25) is 10.0 Å². The van der Waals surface area contributed by atoms with Crippen molar-refractivity contribution in [3.63, 3.8) is 0 Å². The maximum atomic E-state index is 6.21. The summed E-state index contributed by atoms with van der Waals surface area (Å²) in [6.45, 7) is 9.93. The second-order valence-corrected chi connectivity index (χ2v) is 5.99. The molecule has 2 nitrogen and oxygen atoms in total. The van der Waals surface area contributed by atoms with Crippen molar-refractivity contribution in [1.29, 1.82) is 0 Å². The molecule has 0 bridgehead atoms. The number of halogens is 2. The minimum atomic E-state index is 0.645.